The van der Waals surface area contributed by atoms with E-state index in [1.165, 1.54) is 5.56 Å². The predicted octanol–water partition coefficient (Wildman–Crippen LogP) is 4.13. The van der Waals surface area contributed by atoms with E-state index in [1.54, 1.807) is 11.3 Å². The molecule has 0 fully saturated rings. The van der Waals surface area contributed by atoms with E-state index in [1.807, 2.05) is 17.3 Å². The van der Waals surface area contributed by atoms with Gasteiger partial charge in [0.25, 0.3) is 0 Å². The van der Waals surface area contributed by atoms with Crippen LogP contribution in [0.1, 0.15) is 12.5 Å². The van der Waals surface area contributed by atoms with Crippen LogP contribution in [0, 0.1) is 0 Å². The SMILES string of the molecule is CCc1ccc(N(C)c2nc(Cl)cs2)cc1. The topological polar surface area (TPSA) is 16.1 Å². The van der Waals surface area contributed by atoms with Crippen LogP contribution >= 0.6 is 22.9 Å². The summed E-state index contributed by atoms with van der Waals surface area (Å²) in [5.41, 5.74) is 2.47. The van der Waals surface area contributed by atoms with E-state index < -0.39 is 0 Å². The molecule has 0 aliphatic heterocycles. The second kappa shape index (κ2) is 4.85. The molecule has 0 unspecified atom stereocenters. The average Bonchev–Trinajstić information content (AvgIpc) is 2.75. The smallest absolute Gasteiger partial charge is 0.191 e. The maximum Gasteiger partial charge on any atom is 0.191 e. The van der Waals surface area contributed by atoms with Gasteiger partial charge in [0.1, 0.15) is 5.15 Å². The summed E-state index contributed by atoms with van der Waals surface area (Å²) < 4.78 is 0. The molecule has 0 amide bonds. The molecule has 1 aromatic heterocycles. The molecule has 0 radical (unpaired) electrons. The van der Waals surface area contributed by atoms with Crippen molar-refractivity contribution in [1.82, 2.24) is 4.98 Å². The second-order valence-electron chi connectivity index (χ2n) is 3.53. The molecule has 0 N–H and O–H groups in total. The third kappa shape index (κ3) is 2.36. The molecule has 2 nitrogen and oxygen atoms in total. The number of aromatic nitrogens is 1. The molecule has 0 saturated heterocycles. The van der Waals surface area contributed by atoms with Gasteiger partial charge in [-0.15, -0.1) is 11.3 Å². The van der Waals surface area contributed by atoms with Crippen molar-refractivity contribution in [3.63, 3.8) is 0 Å². The standard InChI is InChI=1S/C12H13ClN2S/c1-3-9-4-6-10(7-5-9)15(2)12-14-11(13)8-16-12/h4-8H,3H2,1-2H3. The molecule has 0 aliphatic rings. The normalized spacial score (nSPS) is 10.4. The molecule has 4 heteroatoms. The Kier molecular flexibility index (Phi) is 3.46. The Morgan fingerprint density at radius 3 is 2.50 bits per heavy atom. The Morgan fingerprint density at radius 1 is 1.31 bits per heavy atom. The van der Waals surface area contributed by atoms with E-state index in [4.69, 9.17) is 11.6 Å². The lowest BCUT2D eigenvalue weighted by Crippen LogP contribution is -2.08. The van der Waals surface area contributed by atoms with Gasteiger partial charge >= 0.3 is 0 Å². The van der Waals surface area contributed by atoms with Crippen molar-refractivity contribution in [2.75, 3.05) is 11.9 Å². The molecule has 0 atom stereocenters. The second-order valence-corrected chi connectivity index (χ2v) is 4.76. The minimum Gasteiger partial charge on any atom is -0.321 e. The zero-order chi connectivity index (χ0) is 11.5. The lowest BCUT2D eigenvalue weighted by Gasteiger charge is -2.15. The molecule has 84 valence electrons. The first-order valence-electron chi connectivity index (χ1n) is 5.14. The molecule has 0 aliphatic carbocycles. The lowest BCUT2D eigenvalue weighted by atomic mass is 10.1. The summed E-state index contributed by atoms with van der Waals surface area (Å²) in [7, 11) is 2.00. The molecule has 0 bridgehead atoms. The Bertz CT molecular complexity index is 464. The van der Waals surface area contributed by atoms with Crippen LogP contribution < -0.4 is 4.90 Å². The van der Waals surface area contributed by atoms with Crippen LogP contribution in [-0.2, 0) is 6.42 Å². The number of hydrogen-bond acceptors (Lipinski definition) is 3. The van der Waals surface area contributed by atoms with E-state index in [2.05, 4.69) is 36.2 Å². The molecular formula is C12H13ClN2S. The predicted molar refractivity (Wildman–Crippen MR) is 71.0 cm³/mol. The number of aryl methyl sites for hydroxylation is 1. The van der Waals surface area contributed by atoms with E-state index in [0.29, 0.717) is 5.15 Å². The number of rotatable bonds is 3. The van der Waals surface area contributed by atoms with E-state index >= 15 is 0 Å². The van der Waals surface area contributed by atoms with Crippen molar-refractivity contribution < 1.29 is 0 Å². The first-order chi connectivity index (χ1) is 7.70. The van der Waals surface area contributed by atoms with Crippen molar-refractivity contribution in [2.24, 2.45) is 0 Å². The number of anilines is 2. The van der Waals surface area contributed by atoms with Crippen molar-refractivity contribution in [2.45, 2.75) is 13.3 Å². The number of halogens is 1. The summed E-state index contributed by atoms with van der Waals surface area (Å²) >= 11 is 7.36. The largest absolute Gasteiger partial charge is 0.321 e. The van der Waals surface area contributed by atoms with Gasteiger partial charge in [0.05, 0.1) is 0 Å². The molecule has 0 spiro atoms. The molecule has 2 aromatic rings. The Hall–Kier alpha value is -1.06. The first kappa shape index (κ1) is 11.4. The van der Waals surface area contributed by atoms with Gasteiger partial charge in [0.2, 0.25) is 0 Å². The highest BCUT2D eigenvalue weighted by Gasteiger charge is 2.07. The third-order valence-corrected chi connectivity index (χ3v) is 3.72. The quantitative estimate of drug-likeness (QED) is 0.817. The molecular weight excluding hydrogens is 240 g/mol. The fourth-order valence-corrected chi connectivity index (χ4v) is 2.40. The van der Waals surface area contributed by atoms with Crippen molar-refractivity contribution in [3.8, 4) is 0 Å². The van der Waals surface area contributed by atoms with Crippen LogP contribution in [0.15, 0.2) is 29.6 Å². The highest BCUT2D eigenvalue weighted by Crippen LogP contribution is 2.28. The average molecular weight is 253 g/mol. The maximum atomic E-state index is 5.81. The summed E-state index contributed by atoms with van der Waals surface area (Å²) in [5.74, 6) is 0. The summed E-state index contributed by atoms with van der Waals surface area (Å²) in [5, 5.41) is 3.31. The monoisotopic (exact) mass is 252 g/mol. The summed E-state index contributed by atoms with van der Waals surface area (Å²) in [6, 6.07) is 8.49. The highest BCUT2D eigenvalue weighted by molar-refractivity contribution is 7.14. The van der Waals surface area contributed by atoms with Crippen molar-refractivity contribution in [1.29, 1.82) is 0 Å². The van der Waals surface area contributed by atoms with Gasteiger partial charge in [-0.3, -0.25) is 0 Å². The Labute approximate surface area is 105 Å². The molecule has 16 heavy (non-hydrogen) atoms. The Morgan fingerprint density at radius 2 is 2.00 bits per heavy atom. The number of nitrogens with zero attached hydrogens (tertiary/aromatic N) is 2. The molecule has 1 aromatic carbocycles. The zero-order valence-corrected chi connectivity index (χ0v) is 10.8. The van der Waals surface area contributed by atoms with Crippen LogP contribution in [0.2, 0.25) is 5.15 Å². The van der Waals surface area contributed by atoms with Crippen LogP contribution in [-0.4, -0.2) is 12.0 Å². The van der Waals surface area contributed by atoms with Crippen LogP contribution in [0.5, 0.6) is 0 Å². The summed E-state index contributed by atoms with van der Waals surface area (Å²) in [6.07, 6.45) is 1.06. The van der Waals surface area contributed by atoms with Gasteiger partial charge in [0, 0.05) is 18.1 Å². The minimum atomic E-state index is 0.553. The molecule has 0 saturated carbocycles. The van der Waals surface area contributed by atoms with Crippen LogP contribution in [0.4, 0.5) is 10.8 Å². The number of hydrogen-bond donors (Lipinski definition) is 0. The third-order valence-electron chi connectivity index (χ3n) is 2.48. The van der Waals surface area contributed by atoms with Gasteiger partial charge in [-0.2, -0.15) is 0 Å². The van der Waals surface area contributed by atoms with E-state index in [0.717, 1.165) is 17.2 Å². The molecule has 2 rings (SSSR count). The van der Waals surface area contributed by atoms with E-state index in [-0.39, 0.29) is 0 Å². The first-order valence-corrected chi connectivity index (χ1v) is 6.40. The summed E-state index contributed by atoms with van der Waals surface area (Å²) in [4.78, 5) is 6.28. The number of benzene rings is 1. The lowest BCUT2D eigenvalue weighted by molar-refractivity contribution is 1.12. The van der Waals surface area contributed by atoms with Gasteiger partial charge < -0.3 is 4.90 Å². The number of thiazole rings is 1. The fraction of sp³-hybridized carbons (Fsp3) is 0.250. The van der Waals surface area contributed by atoms with Gasteiger partial charge in [0.15, 0.2) is 5.13 Å². The van der Waals surface area contributed by atoms with Gasteiger partial charge in [-0.05, 0) is 24.1 Å². The highest BCUT2D eigenvalue weighted by atomic mass is 35.5. The molecule has 1 heterocycles. The minimum absolute atomic E-state index is 0.553. The summed E-state index contributed by atoms with van der Waals surface area (Å²) in [6.45, 7) is 2.15. The zero-order valence-electron chi connectivity index (χ0n) is 9.27. The van der Waals surface area contributed by atoms with E-state index in [9.17, 15) is 0 Å². The van der Waals surface area contributed by atoms with Crippen LogP contribution in [0.25, 0.3) is 0 Å². The fourth-order valence-electron chi connectivity index (χ4n) is 1.47. The maximum absolute atomic E-state index is 5.81. The van der Waals surface area contributed by atoms with Crippen molar-refractivity contribution in [3.05, 3.63) is 40.4 Å². The van der Waals surface area contributed by atoms with Crippen molar-refractivity contribution >= 4 is 33.8 Å². The van der Waals surface area contributed by atoms with Crippen LogP contribution in [0.3, 0.4) is 0 Å². The van der Waals surface area contributed by atoms with Gasteiger partial charge in [-0.1, -0.05) is 30.7 Å². The Balaban J connectivity index is 2.23. The van der Waals surface area contributed by atoms with Gasteiger partial charge in [-0.25, -0.2) is 4.98 Å².